The Balaban J connectivity index is 1.84. The van der Waals surface area contributed by atoms with Crippen LogP contribution in [0.5, 0.6) is 0 Å². The van der Waals surface area contributed by atoms with Crippen LogP contribution in [0.1, 0.15) is 36.8 Å². The van der Waals surface area contributed by atoms with E-state index in [0.717, 1.165) is 29.9 Å². The molecule has 0 saturated heterocycles. The fraction of sp³-hybridized carbons (Fsp3) is 0.316. The lowest BCUT2D eigenvalue weighted by Crippen LogP contribution is -2.26. The number of aromatic amines is 1. The van der Waals surface area contributed by atoms with E-state index in [-0.39, 0.29) is 0 Å². The molecule has 1 atom stereocenters. The predicted molar refractivity (Wildman–Crippen MR) is 91.8 cm³/mol. The molecule has 1 heterocycles. The third-order valence-electron chi connectivity index (χ3n) is 4.29. The second-order valence-electron chi connectivity index (χ2n) is 5.82. The van der Waals surface area contributed by atoms with Crippen molar-refractivity contribution in [3.05, 3.63) is 65.5 Å². The van der Waals surface area contributed by atoms with Crippen LogP contribution in [0.4, 0.5) is 0 Å². The van der Waals surface area contributed by atoms with E-state index in [1.165, 1.54) is 11.1 Å². The van der Waals surface area contributed by atoms with Crippen molar-refractivity contribution in [1.82, 2.24) is 14.9 Å². The SMILES string of the molecule is CCN(Cc1ccccc1)C(C)c1ccc2[nH]c(C)nc2c1. The van der Waals surface area contributed by atoms with Gasteiger partial charge in [0, 0.05) is 12.6 Å². The van der Waals surface area contributed by atoms with Crippen molar-refractivity contribution < 1.29 is 0 Å². The zero-order valence-electron chi connectivity index (χ0n) is 13.5. The van der Waals surface area contributed by atoms with Crippen molar-refractivity contribution in [1.29, 1.82) is 0 Å². The molecular weight excluding hydrogens is 270 g/mol. The van der Waals surface area contributed by atoms with Gasteiger partial charge in [0.1, 0.15) is 5.82 Å². The zero-order valence-corrected chi connectivity index (χ0v) is 13.5. The van der Waals surface area contributed by atoms with Crippen LogP contribution in [-0.4, -0.2) is 21.4 Å². The van der Waals surface area contributed by atoms with Crippen LogP contribution in [0.25, 0.3) is 11.0 Å². The molecule has 0 fully saturated rings. The normalized spacial score (nSPS) is 12.9. The number of benzene rings is 2. The van der Waals surface area contributed by atoms with Gasteiger partial charge in [0.15, 0.2) is 0 Å². The first-order valence-electron chi connectivity index (χ1n) is 7.91. The summed E-state index contributed by atoms with van der Waals surface area (Å²) < 4.78 is 0. The van der Waals surface area contributed by atoms with E-state index in [1.807, 2.05) is 6.92 Å². The van der Waals surface area contributed by atoms with E-state index in [0.29, 0.717) is 6.04 Å². The molecular formula is C19H23N3. The molecule has 0 aliphatic rings. The van der Waals surface area contributed by atoms with Crippen LogP contribution in [-0.2, 0) is 6.54 Å². The van der Waals surface area contributed by atoms with Crippen molar-refractivity contribution in [3.8, 4) is 0 Å². The maximum absolute atomic E-state index is 4.55. The monoisotopic (exact) mass is 293 g/mol. The Morgan fingerprint density at radius 3 is 2.64 bits per heavy atom. The van der Waals surface area contributed by atoms with Crippen LogP contribution in [0, 0.1) is 6.92 Å². The molecule has 114 valence electrons. The van der Waals surface area contributed by atoms with Gasteiger partial charge in [-0.2, -0.15) is 0 Å². The van der Waals surface area contributed by atoms with Gasteiger partial charge < -0.3 is 4.98 Å². The topological polar surface area (TPSA) is 31.9 Å². The highest BCUT2D eigenvalue weighted by Crippen LogP contribution is 2.25. The minimum atomic E-state index is 0.367. The Morgan fingerprint density at radius 2 is 1.91 bits per heavy atom. The molecule has 0 aliphatic heterocycles. The molecule has 0 radical (unpaired) electrons. The lowest BCUT2D eigenvalue weighted by atomic mass is 10.1. The predicted octanol–water partition coefficient (Wildman–Crippen LogP) is 4.45. The Morgan fingerprint density at radius 1 is 1.14 bits per heavy atom. The molecule has 2 aromatic carbocycles. The first-order valence-corrected chi connectivity index (χ1v) is 7.91. The van der Waals surface area contributed by atoms with Crippen molar-refractivity contribution in [2.45, 2.75) is 33.4 Å². The van der Waals surface area contributed by atoms with Gasteiger partial charge in [-0.1, -0.05) is 43.3 Å². The van der Waals surface area contributed by atoms with E-state index < -0.39 is 0 Å². The van der Waals surface area contributed by atoms with Crippen LogP contribution in [0.15, 0.2) is 48.5 Å². The van der Waals surface area contributed by atoms with Crippen molar-refractivity contribution in [2.75, 3.05) is 6.54 Å². The Hall–Kier alpha value is -2.13. The molecule has 1 aromatic heterocycles. The van der Waals surface area contributed by atoms with Gasteiger partial charge in [0.2, 0.25) is 0 Å². The van der Waals surface area contributed by atoms with Crippen LogP contribution in [0.2, 0.25) is 0 Å². The number of hydrogen-bond donors (Lipinski definition) is 1. The van der Waals surface area contributed by atoms with Gasteiger partial charge >= 0.3 is 0 Å². The van der Waals surface area contributed by atoms with Crippen LogP contribution < -0.4 is 0 Å². The van der Waals surface area contributed by atoms with Crippen molar-refractivity contribution in [2.24, 2.45) is 0 Å². The third-order valence-corrected chi connectivity index (χ3v) is 4.29. The second-order valence-corrected chi connectivity index (χ2v) is 5.82. The van der Waals surface area contributed by atoms with Crippen LogP contribution in [0.3, 0.4) is 0 Å². The first kappa shape index (κ1) is 14.8. The van der Waals surface area contributed by atoms with E-state index in [1.54, 1.807) is 0 Å². The summed E-state index contributed by atoms with van der Waals surface area (Å²) >= 11 is 0. The Labute approximate surface area is 132 Å². The third kappa shape index (κ3) is 3.04. The molecule has 0 aliphatic carbocycles. The molecule has 22 heavy (non-hydrogen) atoms. The van der Waals surface area contributed by atoms with Gasteiger partial charge in [-0.05, 0) is 43.7 Å². The Kier molecular flexibility index (Phi) is 4.25. The lowest BCUT2D eigenvalue weighted by molar-refractivity contribution is 0.213. The van der Waals surface area contributed by atoms with Gasteiger partial charge in [-0.25, -0.2) is 4.98 Å². The summed E-state index contributed by atoms with van der Waals surface area (Å²) in [6.45, 7) is 8.48. The minimum absolute atomic E-state index is 0.367. The van der Waals surface area contributed by atoms with Crippen LogP contribution >= 0.6 is 0 Å². The zero-order chi connectivity index (χ0) is 15.5. The molecule has 0 spiro atoms. The molecule has 3 heteroatoms. The van der Waals surface area contributed by atoms with Gasteiger partial charge in [0.05, 0.1) is 11.0 Å². The quantitative estimate of drug-likeness (QED) is 0.753. The number of hydrogen-bond acceptors (Lipinski definition) is 2. The number of fused-ring (bicyclic) bond motifs is 1. The number of nitrogens with zero attached hydrogens (tertiary/aromatic N) is 2. The molecule has 0 bridgehead atoms. The Bertz CT molecular complexity index is 746. The molecule has 0 amide bonds. The average molecular weight is 293 g/mol. The molecule has 3 aromatic rings. The summed E-state index contributed by atoms with van der Waals surface area (Å²) in [6.07, 6.45) is 0. The fourth-order valence-electron chi connectivity index (χ4n) is 2.96. The maximum Gasteiger partial charge on any atom is 0.104 e. The van der Waals surface area contributed by atoms with Crippen molar-refractivity contribution >= 4 is 11.0 Å². The smallest absolute Gasteiger partial charge is 0.104 e. The minimum Gasteiger partial charge on any atom is -0.342 e. The summed E-state index contributed by atoms with van der Waals surface area (Å²) in [6, 6.07) is 17.6. The highest BCUT2D eigenvalue weighted by atomic mass is 15.1. The largest absolute Gasteiger partial charge is 0.342 e. The number of H-pyrrole nitrogens is 1. The molecule has 0 saturated carbocycles. The standard InChI is InChI=1S/C19H23N3/c1-4-22(13-16-8-6-5-7-9-16)14(2)17-10-11-18-19(12-17)21-15(3)20-18/h5-12,14H,4,13H2,1-3H3,(H,20,21). The molecule has 1 N–H and O–H groups in total. The molecule has 3 nitrogen and oxygen atoms in total. The lowest BCUT2D eigenvalue weighted by Gasteiger charge is -2.28. The number of imidazole rings is 1. The summed E-state index contributed by atoms with van der Waals surface area (Å²) in [7, 11) is 0. The average Bonchev–Trinajstić information content (AvgIpc) is 2.92. The number of aromatic nitrogens is 2. The van der Waals surface area contributed by atoms with E-state index in [9.17, 15) is 0 Å². The summed E-state index contributed by atoms with van der Waals surface area (Å²) in [5.41, 5.74) is 4.84. The first-order chi connectivity index (χ1) is 10.7. The number of aryl methyl sites for hydroxylation is 1. The summed E-state index contributed by atoms with van der Waals surface area (Å²) in [4.78, 5) is 10.3. The summed E-state index contributed by atoms with van der Waals surface area (Å²) in [5.74, 6) is 0.969. The van der Waals surface area contributed by atoms with E-state index >= 15 is 0 Å². The highest BCUT2D eigenvalue weighted by molar-refractivity contribution is 5.75. The fourth-order valence-corrected chi connectivity index (χ4v) is 2.96. The van der Waals surface area contributed by atoms with Crippen molar-refractivity contribution in [3.63, 3.8) is 0 Å². The molecule has 3 rings (SSSR count). The van der Waals surface area contributed by atoms with E-state index in [2.05, 4.69) is 77.2 Å². The summed E-state index contributed by atoms with van der Waals surface area (Å²) in [5, 5.41) is 0. The highest BCUT2D eigenvalue weighted by Gasteiger charge is 2.15. The number of nitrogens with one attached hydrogen (secondary N) is 1. The molecule has 1 unspecified atom stereocenters. The maximum atomic E-state index is 4.55. The van der Waals surface area contributed by atoms with Gasteiger partial charge in [-0.3, -0.25) is 4.90 Å². The van der Waals surface area contributed by atoms with Gasteiger partial charge in [0.25, 0.3) is 0 Å². The number of rotatable bonds is 5. The second kappa shape index (κ2) is 6.32. The van der Waals surface area contributed by atoms with Gasteiger partial charge in [-0.15, -0.1) is 0 Å². The van der Waals surface area contributed by atoms with E-state index in [4.69, 9.17) is 0 Å².